The number of nitrogens with zero attached hydrogens (tertiary/aromatic N) is 4. The summed E-state index contributed by atoms with van der Waals surface area (Å²) >= 11 is 0. The number of benzene rings is 2. The minimum absolute atomic E-state index is 0.274. The molecule has 5 aromatic rings. The van der Waals surface area contributed by atoms with Crippen LogP contribution in [0.1, 0.15) is 24.9 Å². The number of hydrogen-bond donors (Lipinski definition) is 2. The fourth-order valence-corrected chi connectivity index (χ4v) is 4.02. The maximum absolute atomic E-state index is 4.63. The van der Waals surface area contributed by atoms with Gasteiger partial charge in [0.1, 0.15) is 12.0 Å². The molecule has 2 aromatic carbocycles. The Labute approximate surface area is 187 Å². The molecule has 160 valence electrons. The highest BCUT2D eigenvalue weighted by Crippen LogP contribution is 2.25. The average Bonchev–Trinajstić information content (AvgIpc) is 3.53. The predicted octanol–water partition coefficient (Wildman–Crippen LogP) is 5.23. The van der Waals surface area contributed by atoms with E-state index >= 15 is 0 Å². The van der Waals surface area contributed by atoms with Gasteiger partial charge in [-0.1, -0.05) is 61.5 Å². The molecule has 0 aliphatic heterocycles. The molecule has 0 spiro atoms. The molecule has 0 amide bonds. The van der Waals surface area contributed by atoms with E-state index in [1.807, 2.05) is 29.2 Å². The Bertz CT molecular complexity index is 1290. The first-order chi connectivity index (χ1) is 15.8. The average molecular weight is 423 g/mol. The Morgan fingerprint density at radius 3 is 2.56 bits per heavy atom. The van der Waals surface area contributed by atoms with Crippen molar-refractivity contribution < 1.29 is 0 Å². The number of H-pyrrole nitrogens is 1. The van der Waals surface area contributed by atoms with Crippen LogP contribution in [0, 0.1) is 0 Å². The van der Waals surface area contributed by atoms with Crippen LogP contribution in [0.15, 0.2) is 85.6 Å². The molecule has 2 N–H and O–H groups in total. The second-order valence-corrected chi connectivity index (χ2v) is 7.93. The predicted molar refractivity (Wildman–Crippen MR) is 128 cm³/mol. The van der Waals surface area contributed by atoms with E-state index in [-0.39, 0.29) is 6.04 Å². The van der Waals surface area contributed by atoms with Gasteiger partial charge >= 0.3 is 0 Å². The Hall–Kier alpha value is -3.77. The van der Waals surface area contributed by atoms with Gasteiger partial charge < -0.3 is 10.3 Å². The highest BCUT2D eigenvalue weighted by molar-refractivity contribution is 5.89. The molecular weight excluding hydrogens is 396 g/mol. The SMILES string of the molecule is CCC(CNCc1ccc(-c2ccccc2)cc1)n1cc(-c2ncnc3[nH]ccc23)cn1. The number of hydrogen-bond acceptors (Lipinski definition) is 4. The summed E-state index contributed by atoms with van der Waals surface area (Å²) in [5.74, 6) is 0. The molecule has 1 unspecified atom stereocenters. The summed E-state index contributed by atoms with van der Waals surface area (Å²) in [6.45, 7) is 3.87. The fourth-order valence-electron chi connectivity index (χ4n) is 4.02. The Kier molecular flexibility index (Phi) is 5.77. The zero-order chi connectivity index (χ0) is 21.8. The molecule has 0 bridgehead atoms. The van der Waals surface area contributed by atoms with Gasteiger partial charge in [-0.15, -0.1) is 0 Å². The van der Waals surface area contributed by atoms with Crippen molar-refractivity contribution in [1.82, 2.24) is 30.0 Å². The number of nitrogens with one attached hydrogen (secondary N) is 2. The lowest BCUT2D eigenvalue weighted by molar-refractivity contribution is 0.411. The quantitative estimate of drug-likeness (QED) is 0.359. The third-order valence-electron chi connectivity index (χ3n) is 5.84. The van der Waals surface area contributed by atoms with Crippen LogP contribution in [-0.4, -0.2) is 31.3 Å². The monoisotopic (exact) mass is 422 g/mol. The Balaban J connectivity index is 1.22. The van der Waals surface area contributed by atoms with Crippen LogP contribution in [0.2, 0.25) is 0 Å². The lowest BCUT2D eigenvalue weighted by atomic mass is 10.0. The van der Waals surface area contributed by atoms with Gasteiger partial charge in [0.2, 0.25) is 0 Å². The molecule has 32 heavy (non-hydrogen) atoms. The fraction of sp³-hybridized carbons (Fsp3) is 0.192. The second kappa shape index (κ2) is 9.16. The molecule has 0 fully saturated rings. The smallest absolute Gasteiger partial charge is 0.141 e. The number of aromatic amines is 1. The largest absolute Gasteiger partial charge is 0.346 e. The van der Waals surface area contributed by atoms with Crippen molar-refractivity contribution in [3.05, 3.63) is 91.1 Å². The van der Waals surface area contributed by atoms with E-state index in [9.17, 15) is 0 Å². The topological polar surface area (TPSA) is 71.4 Å². The van der Waals surface area contributed by atoms with Crippen molar-refractivity contribution in [3.8, 4) is 22.4 Å². The first-order valence-corrected chi connectivity index (χ1v) is 11.0. The zero-order valence-electron chi connectivity index (χ0n) is 18.1. The molecule has 6 nitrogen and oxygen atoms in total. The van der Waals surface area contributed by atoms with E-state index < -0.39 is 0 Å². The molecule has 3 aromatic heterocycles. The lowest BCUT2D eigenvalue weighted by Crippen LogP contribution is -2.25. The zero-order valence-corrected chi connectivity index (χ0v) is 18.1. The van der Waals surface area contributed by atoms with E-state index in [2.05, 4.69) is 87.0 Å². The maximum Gasteiger partial charge on any atom is 0.141 e. The van der Waals surface area contributed by atoms with Gasteiger partial charge in [-0.2, -0.15) is 5.10 Å². The minimum atomic E-state index is 0.274. The molecule has 6 heteroatoms. The molecule has 0 aliphatic rings. The number of fused-ring (bicyclic) bond motifs is 1. The molecular formula is C26H26N6. The summed E-state index contributed by atoms with van der Waals surface area (Å²) in [6, 6.07) is 21.5. The van der Waals surface area contributed by atoms with Gasteiger partial charge in [0.25, 0.3) is 0 Å². The standard InChI is InChI=1S/C26H26N6/c1-2-23(16-27-14-19-8-10-21(11-9-19)20-6-4-3-5-7-20)32-17-22(15-31-32)25-24-12-13-28-26(24)30-18-29-25/h3-13,15,17-18,23,27H,2,14,16H2,1H3,(H,28,29,30). The number of aromatic nitrogens is 5. The van der Waals surface area contributed by atoms with E-state index in [0.717, 1.165) is 41.8 Å². The van der Waals surface area contributed by atoms with E-state index in [0.29, 0.717) is 0 Å². The van der Waals surface area contributed by atoms with Gasteiger partial charge in [0.05, 0.1) is 17.9 Å². The summed E-state index contributed by atoms with van der Waals surface area (Å²) < 4.78 is 2.04. The summed E-state index contributed by atoms with van der Waals surface area (Å²) in [7, 11) is 0. The van der Waals surface area contributed by atoms with Crippen LogP contribution in [0.4, 0.5) is 0 Å². The molecule has 0 saturated heterocycles. The normalized spacial score (nSPS) is 12.3. The van der Waals surface area contributed by atoms with Crippen LogP contribution >= 0.6 is 0 Å². The molecule has 1 atom stereocenters. The van der Waals surface area contributed by atoms with Gasteiger partial charge in [-0.25, -0.2) is 9.97 Å². The summed E-state index contributed by atoms with van der Waals surface area (Å²) in [5.41, 5.74) is 6.52. The first kappa shape index (κ1) is 20.2. The van der Waals surface area contributed by atoms with Gasteiger partial charge in [0, 0.05) is 36.4 Å². The second-order valence-electron chi connectivity index (χ2n) is 7.93. The molecule has 0 saturated carbocycles. The van der Waals surface area contributed by atoms with Crippen LogP contribution in [0.3, 0.4) is 0 Å². The van der Waals surface area contributed by atoms with E-state index in [4.69, 9.17) is 0 Å². The Morgan fingerprint density at radius 1 is 0.938 bits per heavy atom. The Morgan fingerprint density at radius 2 is 1.75 bits per heavy atom. The van der Waals surface area contributed by atoms with Crippen LogP contribution in [0.25, 0.3) is 33.4 Å². The lowest BCUT2D eigenvalue weighted by Gasteiger charge is -2.16. The van der Waals surface area contributed by atoms with Gasteiger partial charge in [-0.05, 0) is 29.2 Å². The van der Waals surface area contributed by atoms with Crippen molar-refractivity contribution >= 4 is 11.0 Å². The van der Waals surface area contributed by atoms with Crippen LogP contribution < -0.4 is 5.32 Å². The summed E-state index contributed by atoms with van der Waals surface area (Å²) in [5, 5.41) is 9.24. The molecule has 0 aliphatic carbocycles. The maximum atomic E-state index is 4.63. The van der Waals surface area contributed by atoms with Crippen molar-refractivity contribution in [3.63, 3.8) is 0 Å². The minimum Gasteiger partial charge on any atom is -0.346 e. The summed E-state index contributed by atoms with van der Waals surface area (Å²) in [4.78, 5) is 11.9. The van der Waals surface area contributed by atoms with Crippen molar-refractivity contribution in [1.29, 1.82) is 0 Å². The van der Waals surface area contributed by atoms with Gasteiger partial charge in [0.15, 0.2) is 0 Å². The van der Waals surface area contributed by atoms with Crippen LogP contribution in [-0.2, 0) is 6.54 Å². The number of rotatable bonds is 8. The molecule has 3 heterocycles. The van der Waals surface area contributed by atoms with Gasteiger partial charge in [-0.3, -0.25) is 4.68 Å². The third-order valence-corrected chi connectivity index (χ3v) is 5.84. The summed E-state index contributed by atoms with van der Waals surface area (Å²) in [6.07, 6.45) is 8.44. The molecule has 5 rings (SSSR count). The highest BCUT2D eigenvalue weighted by atomic mass is 15.3. The van der Waals surface area contributed by atoms with E-state index in [1.54, 1.807) is 6.33 Å². The van der Waals surface area contributed by atoms with Crippen molar-refractivity contribution in [2.75, 3.05) is 6.54 Å². The first-order valence-electron chi connectivity index (χ1n) is 11.0. The van der Waals surface area contributed by atoms with E-state index in [1.165, 1.54) is 16.7 Å². The highest BCUT2D eigenvalue weighted by Gasteiger charge is 2.14. The van der Waals surface area contributed by atoms with Crippen LogP contribution in [0.5, 0.6) is 0 Å². The molecule has 0 radical (unpaired) electrons. The van der Waals surface area contributed by atoms with Crippen molar-refractivity contribution in [2.24, 2.45) is 0 Å². The van der Waals surface area contributed by atoms with Crippen molar-refractivity contribution in [2.45, 2.75) is 25.9 Å². The third kappa shape index (κ3) is 4.18.